The lowest BCUT2D eigenvalue weighted by Gasteiger charge is -2.26. The molecule has 0 unspecified atom stereocenters. The Bertz CT molecular complexity index is 1620. The molecule has 1 aromatic carbocycles. The Morgan fingerprint density at radius 2 is 1.76 bits per heavy atom. The zero-order chi connectivity index (χ0) is 23.3. The number of pyridine rings is 2. The van der Waals surface area contributed by atoms with E-state index in [1.807, 2.05) is 13.0 Å². The molecule has 0 saturated heterocycles. The molecule has 7 nitrogen and oxygen atoms in total. The molecule has 0 aliphatic heterocycles. The van der Waals surface area contributed by atoms with Gasteiger partial charge in [0.15, 0.2) is 0 Å². The van der Waals surface area contributed by atoms with Gasteiger partial charge in [0.05, 0.1) is 10.3 Å². The van der Waals surface area contributed by atoms with Crippen LogP contribution in [0.3, 0.4) is 0 Å². The second-order valence-corrected chi connectivity index (χ2v) is 10.9. The van der Waals surface area contributed by atoms with Gasteiger partial charge in [-0.2, -0.15) is 0 Å². The normalized spacial score (nSPS) is 15.3. The predicted octanol–water partition coefficient (Wildman–Crippen LogP) is 4.43. The van der Waals surface area contributed by atoms with Crippen LogP contribution in [-0.2, 0) is 9.84 Å². The van der Waals surface area contributed by atoms with Crippen LogP contribution in [0.25, 0.3) is 16.7 Å². The highest BCUT2D eigenvalue weighted by molar-refractivity contribution is 7.91. The van der Waals surface area contributed by atoms with E-state index in [-0.39, 0.29) is 32.3 Å². The van der Waals surface area contributed by atoms with Crippen molar-refractivity contribution >= 4 is 38.1 Å². The molecule has 0 amide bonds. The van der Waals surface area contributed by atoms with Gasteiger partial charge in [0.1, 0.15) is 21.7 Å². The lowest BCUT2D eigenvalue weighted by molar-refractivity contribution is 0.347. The van der Waals surface area contributed by atoms with E-state index in [4.69, 9.17) is 22.0 Å². The van der Waals surface area contributed by atoms with Crippen molar-refractivity contribution in [3.63, 3.8) is 0 Å². The summed E-state index contributed by atoms with van der Waals surface area (Å²) in [4.78, 5) is 18.0. The van der Waals surface area contributed by atoms with Crippen LogP contribution in [0.5, 0.6) is 0 Å². The minimum absolute atomic E-state index is 0.0274. The van der Waals surface area contributed by atoms with Crippen molar-refractivity contribution in [2.24, 2.45) is 0 Å². The molecular weight excluding hydrogens is 460 g/mol. The number of nitrogens with zero attached hydrogens (tertiary/aromatic N) is 3. The molecule has 9 heteroatoms. The Kier molecular flexibility index (Phi) is 5.37. The van der Waals surface area contributed by atoms with Crippen LogP contribution in [0.15, 0.2) is 63.2 Å². The number of nitrogens with one attached hydrogen (secondary N) is 1. The van der Waals surface area contributed by atoms with Crippen molar-refractivity contribution in [1.82, 2.24) is 14.0 Å². The summed E-state index contributed by atoms with van der Waals surface area (Å²) in [5.41, 5.74) is 1.21. The summed E-state index contributed by atoms with van der Waals surface area (Å²) in [6.07, 6.45) is 6.38. The van der Waals surface area contributed by atoms with E-state index in [0.717, 1.165) is 37.7 Å². The molecule has 3 heterocycles. The van der Waals surface area contributed by atoms with E-state index in [1.165, 1.54) is 34.7 Å². The zero-order valence-corrected chi connectivity index (χ0v) is 19.7. The summed E-state index contributed by atoms with van der Waals surface area (Å²) in [5.74, 6) is 0. The topological polar surface area (TPSA) is 97.3 Å². The van der Waals surface area contributed by atoms with Gasteiger partial charge in [-0.25, -0.2) is 13.4 Å². The van der Waals surface area contributed by atoms with Gasteiger partial charge >= 0.3 is 0 Å². The summed E-state index contributed by atoms with van der Waals surface area (Å²) in [5, 5.41) is 9.54. The number of hydrogen-bond acceptors (Lipinski definition) is 5. The molecule has 4 aromatic rings. The third-order valence-electron chi connectivity index (χ3n) is 6.32. The molecular formula is C24H23ClN4O3S. The molecule has 0 atom stereocenters. The smallest absolute Gasteiger partial charge is 0.267 e. The minimum Gasteiger partial charge on any atom is -0.307 e. The summed E-state index contributed by atoms with van der Waals surface area (Å²) in [6, 6.07) is 10.7. The molecule has 0 spiro atoms. The van der Waals surface area contributed by atoms with Crippen molar-refractivity contribution in [1.29, 1.82) is 5.41 Å². The highest BCUT2D eigenvalue weighted by Crippen LogP contribution is 2.30. The molecule has 1 aliphatic carbocycles. The monoisotopic (exact) mass is 482 g/mol. The fourth-order valence-corrected chi connectivity index (χ4v) is 6.12. The molecule has 5 rings (SSSR count). The quantitative estimate of drug-likeness (QED) is 0.437. The number of fused-ring (bicyclic) bond motifs is 2. The Morgan fingerprint density at radius 3 is 2.45 bits per heavy atom. The van der Waals surface area contributed by atoms with Gasteiger partial charge in [-0.15, -0.1) is 0 Å². The third kappa shape index (κ3) is 3.67. The van der Waals surface area contributed by atoms with Crippen molar-refractivity contribution in [3.8, 4) is 0 Å². The number of sulfone groups is 1. The number of aromatic nitrogens is 3. The lowest BCUT2D eigenvalue weighted by Crippen LogP contribution is -2.33. The Morgan fingerprint density at radius 1 is 1.06 bits per heavy atom. The van der Waals surface area contributed by atoms with Crippen LogP contribution >= 0.6 is 11.6 Å². The average Bonchev–Trinajstić information content (AvgIpc) is 2.80. The summed E-state index contributed by atoms with van der Waals surface area (Å²) < 4.78 is 30.2. The van der Waals surface area contributed by atoms with E-state index in [9.17, 15) is 13.2 Å². The van der Waals surface area contributed by atoms with E-state index >= 15 is 0 Å². The van der Waals surface area contributed by atoms with Crippen molar-refractivity contribution in [3.05, 3.63) is 75.1 Å². The standard InChI is InChI=1S/C24H23ClN4O3S/c1-15-7-12-21-27-23-19(24(30)28(21)14-15)13-20(22(26)29(23)17-5-3-2-4-6-17)33(31,32)18-10-8-16(25)9-11-18/h7-14,17,26H,2-6H2,1H3. The van der Waals surface area contributed by atoms with E-state index < -0.39 is 9.84 Å². The summed E-state index contributed by atoms with van der Waals surface area (Å²) in [7, 11) is -4.06. The van der Waals surface area contributed by atoms with Crippen LogP contribution in [0, 0.1) is 12.3 Å². The number of hydrogen-bond donors (Lipinski definition) is 1. The minimum atomic E-state index is -4.06. The summed E-state index contributed by atoms with van der Waals surface area (Å²) >= 11 is 5.94. The first-order valence-electron chi connectivity index (χ1n) is 10.9. The maximum atomic E-state index is 13.6. The van der Waals surface area contributed by atoms with Crippen LogP contribution in [0.2, 0.25) is 5.02 Å². The maximum absolute atomic E-state index is 13.6. The highest BCUT2D eigenvalue weighted by atomic mass is 35.5. The van der Waals surface area contributed by atoms with E-state index in [2.05, 4.69) is 0 Å². The largest absolute Gasteiger partial charge is 0.307 e. The Balaban J connectivity index is 1.89. The average molecular weight is 483 g/mol. The molecule has 1 aliphatic rings. The van der Waals surface area contributed by atoms with Gasteiger partial charge in [0, 0.05) is 17.3 Å². The van der Waals surface area contributed by atoms with Crippen LogP contribution in [0.4, 0.5) is 0 Å². The van der Waals surface area contributed by atoms with Gasteiger partial charge in [0.2, 0.25) is 9.84 Å². The number of aryl methyl sites for hydroxylation is 1. The zero-order valence-electron chi connectivity index (χ0n) is 18.1. The second kappa shape index (κ2) is 8.11. The predicted molar refractivity (Wildman–Crippen MR) is 127 cm³/mol. The number of benzene rings is 1. The number of rotatable bonds is 3. The summed E-state index contributed by atoms with van der Waals surface area (Å²) in [6.45, 7) is 1.88. The fourth-order valence-electron chi connectivity index (χ4n) is 4.62. The first-order chi connectivity index (χ1) is 15.8. The third-order valence-corrected chi connectivity index (χ3v) is 8.35. The van der Waals surface area contributed by atoms with E-state index in [0.29, 0.717) is 16.3 Å². The lowest BCUT2D eigenvalue weighted by atomic mass is 9.95. The molecule has 1 fully saturated rings. The van der Waals surface area contributed by atoms with Gasteiger partial charge in [-0.05, 0) is 61.7 Å². The van der Waals surface area contributed by atoms with Gasteiger partial charge < -0.3 is 4.57 Å². The molecule has 1 N–H and O–H groups in total. The van der Waals surface area contributed by atoms with Gasteiger partial charge in [0.25, 0.3) is 5.56 Å². The van der Waals surface area contributed by atoms with Crippen LogP contribution in [-0.4, -0.2) is 22.4 Å². The first kappa shape index (κ1) is 21.9. The second-order valence-electron chi connectivity index (χ2n) is 8.57. The first-order valence-corrected chi connectivity index (χ1v) is 12.8. The number of halogens is 1. The van der Waals surface area contributed by atoms with Crippen molar-refractivity contribution < 1.29 is 8.42 Å². The van der Waals surface area contributed by atoms with Crippen molar-refractivity contribution in [2.45, 2.75) is 54.9 Å². The fraction of sp³-hybridized carbons (Fsp3) is 0.292. The molecule has 33 heavy (non-hydrogen) atoms. The molecule has 0 radical (unpaired) electrons. The maximum Gasteiger partial charge on any atom is 0.267 e. The molecule has 1 saturated carbocycles. The van der Waals surface area contributed by atoms with Crippen molar-refractivity contribution in [2.75, 3.05) is 0 Å². The Hall–Kier alpha value is -2.97. The SMILES string of the molecule is Cc1ccc2nc3c(cc(S(=O)(=O)c4ccc(Cl)cc4)c(=N)n3C3CCCCC3)c(=O)n2c1. The Labute approximate surface area is 195 Å². The molecule has 170 valence electrons. The molecule has 0 bridgehead atoms. The highest BCUT2D eigenvalue weighted by Gasteiger charge is 2.27. The van der Waals surface area contributed by atoms with Gasteiger partial charge in [-0.3, -0.25) is 14.6 Å². The van der Waals surface area contributed by atoms with Crippen LogP contribution < -0.4 is 11.0 Å². The molecule has 3 aromatic heterocycles. The van der Waals surface area contributed by atoms with E-state index in [1.54, 1.807) is 16.8 Å². The van der Waals surface area contributed by atoms with Gasteiger partial charge in [-0.1, -0.05) is 36.9 Å². The van der Waals surface area contributed by atoms with Crippen LogP contribution in [0.1, 0.15) is 43.7 Å².